The van der Waals surface area contributed by atoms with Crippen molar-refractivity contribution < 1.29 is 13.2 Å². The molecule has 2 aromatic rings. The Hall–Kier alpha value is -1.26. The predicted molar refractivity (Wildman–Crippen MR) is 89.8 cm³/mol. The van der Waals surface area contributed by atoms with E-state index in [4.69, 9.17) is 23.2 Å². The Morgan fingerprint density at radius 2 is 2.04 bits per heavy atom. The number of hydrogen-bond acceptors (Lipinski definition) is 6. The Kier molecular flexibility index (Phi) is 5.93. The first-order chi connectivity index (χ1) is 10.8. The van der Waals surface area contributed by atoms with Gasteiger partial charge in [0.2, 0.25) is 9.47 Å². The molecule has 2 rings (SSSR count). The highest BCUT2D eigenvalue weighted by Crippen LogP contribution is 2.24. The highest BCUT2D eigenvalue weighted by atomic mass is 35.5. The second kappa shape index (κ2) is 7.54. The van der Waals surface area contributed by atoms with E-state index in [-0.39, 0.29) is 20.1 Å². The van der Waals surface area contributed by atoms with Crippen molar-refractivity contribution in [2.45, 2.75) is 17.7 Å². The Balaban J connectivity index is 2.14. The molecule has 1 heterocycles. The number of hydrogen-bond donors (Lipinski definition) is 2. The molecule has 0 aliphatic carbocycles. The molecule has 11 heteroatoms. The number of rotatable bonds is 6. The molecule has 7 nitrogen and oxygen atoms in total. The fourth-order valence-electron chi connectivity index (χ4n) is 1.51. The first kappa shape index (κ1) is 18.1. The Labute approximate surface area is 147 Å². The summed E-state index contributed by atoms with van der Waals surface area (Å²) in [6.07, 6.45) is 0.649. The smallest absolute Gasteiger partial charge is 0.269 e. The van der Waals surface area contributed by atoms with Gasteiger partial charge < -0.3 is 0 Å². The standard InChI is InChI=1S/C12H12Cl2N4O3S2/c1-2-5-15-23(20,21)12-18-17-11(22-12)16-10(19)8-4-3-7(13)6-9(8)14/h3-4,6,15H,2,5H2,1H3,(H,16,17,19). The molecule has 0 fully saturated rings. The van der Waals surface area contributed by atoms with E-state index in [9.17, 15) is 13.2 Å². The summed E-state index contributed by atoms with van der Waals surface area (Å²) in [5.41, 5.74) is 0.194. The molecule has 0 saturated heterocycles. The van der Waals surface area contributed by atoms with Crippen LogP contribution >= 0.6 is 34.5 Å². The molecule has 124 valence electrons. The van der Waals surface area contributed by atoms with Crippen LogP contribution in [0.25, 0.3) is 0 Å². The highest BCUT2D eigenvalue weighted by molar-refractivity contribution is 7.91. The van der Waals surface area contributed by atoms with Gasteiger partial charge in [0, 0.05) is 11.6 Å². The van der Waals surface area contributed by atoms with E-state index in [2.05, 4.69) is 20.2 Å². The molecule has 0 aliphatic heterocycles. The molecule has 0 saturated carbocycles. The van der Waals surface area contributed by atoms with Gasteiger partial charge in [-0.2, -0.15) is 0 Å². The van der Waals surface area contributed by atoms with Crippen LogP contribution in [-0.2, 0) is 10.0 Å². The number of aromatic nitrogens is 2. The molecule has 23 heavy (non-hydrogen) atoms. The van der Waals surface area contributed by atoms with E-state index >= 15 is 0 Å². The summed E-state index contributed by atoms with van der Waals surface area (Å²) in [4.78, 5) is 12.1. The van der Waals surface area contributed by atoms with Crippen molar-refractivity contribution in [1.82, 2.24) is 14.9 Å². The topological polar surface area (TPSA) is 101 Å². The second-order valence-electron chi connectivity index (χ2n) is 4.35. The molecule has 0 unspecified atom stereocenters. The van der Waals surface area contributed by atoms with Crippen molar-refractivity contribution in [3.63, 3.8) is 0 Å². The quantitative estimate of drug-likeness (QED) is 0.733. The lowest BCUT2D eigenvalue weighted by Crippen LogP contribution is -2.24. The van der Waals surface area contributed by atoms with Crippen molar-refractivity contribution in [3.05, 3.63) is 33.8 Å². The SMILES string of the molecule is CCCNS(=O)(=O)c1nnc(NC(=O)c2ccc(Cl)cc2Cl)s1. The van der Waals surface area contributed by atoms with Gasteiger partial charge in [-0.05, 0) is 24.6 Å². The van der Waals surface area contributed by atoms with Crippen LogP contribution in [0.1, 0.15) is 23.7 Å². The third kappa shape index (κ3) is 4.61. The van der Waals surface area contributed by atoms with Gasteiger partial charge >= 0.3 is 0 Å². The molecule has 0 atom stereocenters. The van der Waals surface area contributed by atoms with Crippen LogP contribution in [0.15, 0.2) is 22.5 Å². The van der Waals surface area contributed by atoms with Crippen molar-refractivity contribution in [3.8, 4) is 0 Å². The zero-order valence-electron chi connectivity index (χ0n) is 11.8. The van der Waals surface area contributed by atoms with Crippen LogP contribution in [0.4, 0.5) is 5.13 Å². The van der Waals surface area contributed by atoms with Gasteiger partial charge in [0.05, 0.1) is 10.6 Å². The Morgan fingerprint density at radius 3 is 2.70 bits per heavy atom. The maximum Gasteiger partial charge on any atom is 0.269 e. The molecule has 1 aromatic carbocycles. The average Bonchev–Trinajstić information content (AvgIpc) is 2.94. The van der Waals surface area contributed by atoms with E-state index in [1.54, 1.807) is 0 Å². The maximum atomic E-state index is 12.1. The third-order valence-corrected chi connectivity index (χ3v) is 5.79. The Morgan fingerprint density at radius 1 is 1.30 bits per heavy atom. The summed E-state index contributed by atoms with van der Waals surface area (Å²) >= 11 is 12.5. The molecule has 2 N–H and O–H groups in total. The van der Waals surface area contributed by atoms with Crippen molar-refractivity contribution in [1.29, 1.82) is 0 Å². The summed E-state index contributed by atoms with van der Waals surface area (Å²) in [7, 11) is -3.72. The lowest BCUT2D eigenvalue weighted by Gasteiger charge is -2.03. The number of nitrogens with zero attached hydrogens (tertiary/aromatic N) is 2. The predicted octanol–water partition coefficient (Wildman–Crippen LogP) is 2.79. The number of nitrogens with one attached hydrogen (secondary N) is 2. The average molecular weight is 395 g/mol. The van der Waals surface area contributed by atoms with Crippen LogP contribution in [0.3, 0.4) is 0 Å². The number of sulfonamides is 1. The molecular weight excluding hydrogens is 383 g/mol. The molecule has 0 spiro atoms. The number of carbonyl (C=O) groups is 1. The van der Waals surface area contributed by atoms with Gasteiger partial charge in [-0.3, -0.25) is 10.1 Å². The molecular formula is C12H12Cl2N4O3S2. The second-order valence-corrected chi connectivity index (χ2v) is 8.11. The zero-order valence-corrected chi connectivity index (χ0v) is 15.0. The molecule has 0 aliphatic rings. The molecule has 1 aromatic heterocycles. The zero-order chi connectivity index (χ0) is 17.0. The van der Waals surface area contributed by atoms with Crippen LogP contribution < -0.4 is 10.0 Å². The number of carbonyl (C=O) groups excluding carboxylic acids is 1. The van der Waals surface area contributed by atoms with Gasteiger partial charge in [-0.25, -0.2) is 13.1 Å². The van der Waals surface area contributed by atoms with Crippen molar-refractivity contribution in [2.24, 2.45) is 0 Å². The summed E-state index contributed by atoms with van der Waals surface area (Å²) in [6, 6.07) is 4.41. The summed E-state index contributed by atoms with van der Waals surface area (Å²) in [6.45, 7) is 2.13. The third-order valence-electron chi connectivity index (χ3n) is 2.57. The normalized spacial score (nSPS) is 11.4. The molecule has 1 amide bonds. The monoisotopic (exact) mass is 394 g/mol. The van der Waals surface area contributed by atoms with Crippen molar-refractivity contribution >= 4 is 55.6 Å². The first-order valence-corrected chi connectivity index (χ1v) is 9.48. The summed E-state index contributed by atoms with van der Waals surface area (Å²) < 4.78 is 26.0. The van der Waals surface area contributed by atoms with E-state index in [1.165, 1.54) is 18.2 Å². The van der Waals surface area contributed by atoms with Crippen LogP contribution in [0.5, 0.6) is 0 Å². The largest absolute Gasteiger partial charge is 0.296 e. The van der Waals surface area contributed by atoms with Gasteiger partial charge in [-0.1, -0.05) is 41.5 Å². The van der Waals surface area contributed by atoms with Gasteiger partial charge in [-0.15, -0.1) is 10.2 Å². The highest BCUT2D eigenvalue weighted by Gasteiger charge is 2.21. The van der Waals surface area contributed by atoms with E-state index in [0.717, 1.165) is 11.3 Å². The van der Waals surface area contributed by atoms with E-state index < -0.39 is 15.9 Å². The lowest BCUT2D eigenvalue weighted by atomic mass is 10.2. The number of benzene rings is 1. The van der Waals surface area contributed by atoms with Gasteiger partial charge in [0.25, 0.3) is 15.9 Å². The number of amides is 1. The summed E-state index contributed by atoms with van der Waals surface area (Å²) in [5, 5.41) is 10.3. The van der Waals surface area contributed by atoms with Crippen LogP contribution in [0, 0.1) is 0 Å². The molecule has 0 radical (unpaired) electrons. The first-order valence-electron chi connectivity index (χ1n) is 6.43. The number of halogens is 2. The van der Waals surface area contributed by atoms with Gasteiger partial charge in [0.15, 0.2) is 0 Å². The maximum absolute atomic E-state index is 12.1. The fraction of sp³-hybridized carbons (Fsp3) is 0.250. The van der Waals surface area contributed by atoms with Gasteiger partial charge in [0.1, 0.15) is 0 Å². The van der Waals surface area contributed by atoms with Crippen molar-refractivity contribution in [2.75, 3.05) is 11.9 Å². The molecule has 0 bridgehead atoms. The lowest BCUT2D eigenvalue weighted by molar-refractivity contribution is 0.102. The minimum atomic E-state index is -3.72. The van der Waals surface area contributed by atoms with Crippen LogP contribution in [-0.4, -0.2) is 31.1 Å². The van der Waals surface area contributed by atoms with E-state index in [1.807, 2.05) is 6.92 Å². The fourth-order valence-corrected chi connectivity index (χ4v) is 4.07. The van der Waals surface area contributed by atoms with E-state index in [0.29, 0.717) is 18.0 Å². The number of anilines is 1. The minimum absolute atomic E-state index is 0.0536. The summed E-state index contributed by atoms with van der Waals surface area (Å²) in [5.74, 6) is -0.534. The van der Waals surface area contributed by atoms with Crippen LogP contribution in [0.2, 0.25) is 10.0 Å². The minimum Gasteiger partial charge on any atom is -0.296 e. The Bertz CT molecular complexity index is 823.